The molecule has 2 aromatic rings. The summed E-state index contributed by atoms with van der Waals surface area (Å²) in [5, 5.41) is 3.89. The number of hydrogen-bond donors (Lipinski definition) is 1. The Balaban J connectivity index is 2.12. The molecule has 21 heavy (non-hydrogen) atoms. The van der Waals surface area contributed by atoms with Crippen LogP contribution in [-0.4, -0.2) is 11.5 Å². The molecule has 112 valence electrons. The van der Waals surface area contributed by atoms with E-state index in [-0.39, 0.29) is 5.82 Å². The molecule has 2 rings (SSSR count). The lowest BCUT2D eigenvalue weighted by Gasteiger charge is -2.12. The van der Waals surface area contributed by atoms with E-state index in [2.05, 4.69) is 24.1 Å². The predicted octanol–water partition coefficient (Wildman–Crippen LogP) is 4.41. The van der Waals surface area contributed by atoms with Crippen molar-refractivity contribution in [3.05, 3.63) is 52.9 Å². The molecule has 0 amide bonds. The molecule has 0 radical (unpaired) electrons. The van der Waals surface area contributed by atoms with Crippen molar-refractivity contribution in [2.24, 2.45) is 5.92 Å². The van der Waals surface area contributed by atoms with E-state index in [9.17, 15) is 4.39 Å². The Morgan fingerprint density at radius 1 is 1.29 bits per heavy atom. The van der Waals surface area contributed by atoms with Crippen LogP contribution in [0.2, 0.25) is 5.02 Å². The Kier molecular flexibility index (Phi) is 5.53. The molecule has 0 aliphatic carbocycles. The van der Waals surface area contributed by atoms with E-state index in [1.807, 2.05) is 0 Å². The Bertz CT molecular complexity index is 587. The molecule has 1 heterocycles. The van der Waals surface area contributed by atoms with Crippen molar-refractivity contribution in [1.82, 2.24) is 10.3 Å². The zero-order chi connectivity index (χ0) is 15.2. The van der Waals surface area contributed by atoms with Gasteiger partial charge in [-0.15, -0.1) is 0 Å². The summed E-state index contributed by atoms with van der Waals surface area (Å²) in [5.74, 6) is 1.16. The minimum Gasteiger partial charge on any atom is -0.439 e. The number of halogens is 2. The summed E-state index contributed by atoms with van der Waals surface area (Å²) < 4.78 is 19.1. The number of aromatic nitrogens is 1. The summed E-state index contributed by atoms with van der Waals surface area (Å²) in [6.07, 6.45) is 1.15. The fourth-order valence-electron chi connectivity index (χ4n) is 1.80. The molecule has 0 atom stereocenters. The Labute approximate surface area is 129 Å². The third-order valence-corrected chi connectivity index (χ3v) is 3.04. The zero-order valence-corrected chi connectivity index (χ0v) is 12.8. The number of nitrogens with zero attached hydrogens (tertiary/aromatic N) is 1. The van der Waals surface area contributed by atoms with E-state index in [1.54, 1.807) is 24.3 Å². The summed E-state index contributed by atoms with van der Waals surface area (Å²) in [6, 6.07) is 8.40. The second kappa shape index (κ2) is 7.38. The Hall–Kier alpha value is -1.65. The van der Waals surface area contributed by atoms with Gasteiger partial charge >= 0.3 is 0 Å². The van der Waals surface area contributed by atoms with Gasteiger partial charge in [-0.25, -0.2) is 9.37 Å². The van der Waals surface area contributed by atoms with Gasteiger partial charge in [0.1, 0.15) is 11.6 Å². The molecule has 1 N–H and O–H groups in total. The lowest BCUT2D eigenvalue weighted by Crippen LogP contribution is -2.19. The van der Waals surface area contributed by atoms with Gasteiger partial charge in [0, 0.05) is 17.1 Å². The average molecular weight is 309 g/mol. The summed E-state index contributed by atoms with van der Waals surface area (Å²) in [7, 11) is 0. The molecule has 5 heteroatoms. The fourth-order valence-corrected chi connectivity index (χ4v) is 1.92. The number of pyridine rings is 1. The maximum Gasteiger partial charge on any atom is 0.223 e. The summed E-state index contributed by atoms with van der Waals surface area (Å²) >= 11 is 5.83. The van der Waals surface area contributed by atoms with Crippen LogP contribution in [-0.2, 0) is 6.54 Å². The lowest BCUT2D eigenvalue weighted by molar-refractivity contribution is 0.445. The molecule has 1 aromatic heterocycles. The molecular weight excluding hydrogens is 291 g/mol. The summed E-state index contributed by atoms with van der Waals surface area (Å²) in [5.41, 5.74) is 0.686. The van der Waals surface area contributed by atoms with Crippen LogP contribution in [0.5, 0.6) is 11.6 Å². The van der Waals surface area contributed by atoms with Crippen molar-refractivity contribution < 1.29 is 9.13 Å². The van der Waals surface area contributed by atoms with Crippen molar-refractivity contribution >= 4 is 11.6 Å². The van der Waals surface area contributed by atoms with Crippen LogP contribution in [0.3, 0.4) is 0 Å². The zero-order valence-electron chi connectivity index (χ0n) is 12.1. The first-order chi connectivity index (χ1) is 10.0. The van der Waals surface area contributed by atoms with E-state index in [0.717, 1.165) is 12.7 Å². The predicted molar refractivity (Wildman–Crippen MR) is 82.3 cm³/mol. The third kappa shape index (κ3) is 4.99. The Morgan fingerprint density at radius 2 is 2.00 bits per heavy atom. The molecule has 0 saturated carbocycles. The molecule has 3 nitrogen and oxygen atoms in total. The highest BCUT2D eigenvalue weighted by Crippen LogP contribution is 2.25. The van der Waals surface area contributed by atoms with Gasteiger partial charge in [0.05, 0.1) is 6.20 Å². The number of hydrogen-bond acceptors (Lipinski definition) is 3. The molecule has 0 fully saturated rings. The van der Waals surface area contributed by atoms with Crippen molar-refractivity contribution in [3.8, 4) is 11.6 Å². The second-order valence-corrected chi connectivity index (χ2v) is 5.63. The highest BCUT2D eigenvalue weighted by atomic mass is 35.5. The minimum absolute atomic E-state index is 0.375. The van der Waals surface area contributed by atoms with Crippen LogP contribution in [0.1, 0.15) is 19.4 Å². The molecule has 1 aromatic carbocycles. The van der Waals surface area contributed by atoms with E-state index in [4.69, 9.17) is 16.3 Å². The smallest absolute Gasteiger partial charge is 0.223 e. The van der Waals surface area contributed by atoms with Crippen LogP contribution >= 0.6 is 11.6 Å². The third-order valence-electron chi connectivity index (χ3n) is 2.79. The summed E-state index contributed by atoms with van der Waals surface area (Å²) in [6.45, 7) is 5.58. The first-order valence-electron chi connectivity index (χ1n) is 6.83. The van der Waals surface area contributed by atoms with E-state index in [0.29, 0.717) is 34.7 Å². The van der Waals surface area contributed by atoms with E-state index >= 15 is 0 Å². The number of benzene rings is 1. The topological polar surface area (TPSA) is 34.2 Å². The monoisotopic (exact) mass is 308 g/mol. The highest BCUT2D eigenvalue weighted by molar-refractivity contribution is 6.30. The number of nitrogens with one attached hydrogen (secondary N) is 1. The van der Waals surface area contributed by atoms with Crippen molar-refractivity contribution in [2.45, 2.75) is 20.4 Å². The quantitative estimate of drug-likeness (QED) is 0.858. The van der Waals surface area contributed by atoms with Crippen LogP contribution in [0, 0.1) is 11.7 Å². The molecule has 0 bridgehead atoms. The lowest BCUT2D eigenvalue weighted by atomic mass is 10.2. The Morgan fingerprint density at radius 3 is 2.67 bits per heavy atom. The number of rotatable bonds is 6. The largest absolute Gasteiger partial charge is 0.439 e. The maximum absolute atomic E-state index is 13.4. The van der Waals surface area contributed by atoms with Crippen LogP contribution < -0.4 is 10.1 Å². The second-order valence-electron chi connectivity index (χ2n) is 5.20. The summed E-state index contributed by atoms with van der Waals surface area (Å²) in [4.78, 5) is 4.02. The molecule has 0 saturated heterocycles. The van der Waals surface area contributed by atoms with Gasteiger partial charge < -0.3 is 10.1 Å². The van der Waals surface area contributed by atoms with Gasteiger partial charge in [0.25, 0.3) is 0 Å². The van der Waals surface area contributed by atoms with Gasteiger partial charge in [-0.05, 0) is 42.8 Å². The molecule has 0 aliphatic rings. The first-order valence-corrected chi connectivity index (χ1v) is 7.21. The molecule has 0 unspecified atom stereocenters. The van der Waals surface area contributed by atoms with Crippen molar-refractivity contribution in [1.29, 1.82) is 0 Å². The fraction of sp³-hybridized carbons (Fsp3) is 0.312. The van der Waals surface area contributed by atoms with Gasteiger partial charge in [0.15, 0.2) is 0 Å². The SMILES string of the molecule is CC(C)CNCc1cc(F)cnc1Oc1ccc(Cl)cc1. The normalized spacial score (nSPS) is 10.9. The van der Waals surface area contributed by atoms with Gasteiger partial charge in [-0.3, -0.25) is 0 Å². The molecular formula is C16H18ClFN2O. The average Bonchev–Trinajstić information content (AvgIpc) is 2.43. The maximum atomic E-state index is 13.4. The van der Waals surface area contributed by atoms with Crippen LogP contribution in [0.25, 0.3) is 0 Å². The van der Waals surface area contributed by atoms with Crippen molar-refractivity contribution in [2.75, 3.05) is 6.54 Å². The standard InChI is InChI=1S/C16H18ClFN2O/c1-11(2)8-19-9-12-7-14(18)10-20-16(12)21-15-5-3-13(17)4-6-15/h3-7,10-11,19H,8-9H2,1-2H3. The molecule has 0 aliphatic heterocycles. The highest BCUT2D eigenvalue weighted by Gasteiger charge is 2.09. The first kappa shape index (κ1) is 15.7. The molecule has 0 spiro atoms. The van der Waals surface area contributed by atoms with Crippen LogP contribution in [0.15, 0.2) is 36.5 Å². The van der Waals surface area contributed by atoms with Gasteiger partial charge in [0.2, 0.25) is 5.88 Å². The van der Waals surface area contributed by atoms with Gasteiger partial charge in [-0.2, -0.15) is 0 Å². The van der Waals surface area contributed by atoms with Crippen molar-refractivity contribution in [3.63, 3.8) is 0 Å². The minimum atomic E-state index is -0.375. The van der Waals surface area contributed by atoms with Gasteiger partial charge in [-0.1, -0.05) is 25.4 Å². The van der Waals surface area contributed by atoms with Crippen LogP contribution in [0.4, 0.5) is 4.39 Å². The number of ether oxygens (including phenoxy) is 1. The van der Waals surface area contributed by atoms with E-state index < -0.39 is 0 Å². The van der Waals surface area contributed by atoms with E-state index in [1.165, 1.54) is 6.07 Å².